The lowest BCUT2D eigenvalue weighted by Gasteiger charge is -2.28. The molecule has 0 saturated heterocycles. The van der Waals surface area contributed by atoms with Gasteiger partial charge >= 0.3 is 0 Å². The van der Waals surface area contributed by atoms with E-state index in [-0.39, 0.29) is 5.54 Å². The van der Waals surface area contributed by atoms with Crippen molar-refractivity contribution in [2.75, 3.05) is 18.0 Å². The number of nitrogens with zero attached hydrogens (tertiary/aromatic N) is 2. The number of pyridine rings is 1. The first-order chi connectivity index (χ1) is 9.35. The van der Waals surface area contributed by atoms with E-state index in [0.717, 1.165) is 42.5 Å². The topological polar surface area (TPSA) is 28.2 Å². The number of hydrogen-bond acceptors (Lipinski definition) is 3. The molecule has 1 aromatic heterocycles. The van der Waals surface area contributed by atoms with Gasteiger partial charge < -0.3 is 10.2 Å². The molecule has 0 bridgehead atoms. The molecular formula is C16H24ClN3. The third-order valence-corrected chi connectivity index (χ3v) is 3.61. The lowest BCUT2D eigenvalue weighted by atomic mass is 10.1. The molecule has 0 unspecified atom stereocenters. The fourth-order valence-electron chi connectivity index (χ4n) is 2.26. The van der Waals surface area contributed by atoms with Gasteiger partial charge in [0.15, 0.2) is 0 Å². The van der Waals surface area contributed by atoms with Crippen molar-refractivity contribution in [1.29, 1.82) is 0 Å². The highest BCUT2D eigenvalue weighted by Crippen LogP contribution is 2.26. The minimum atomic E-state index is 0.0971. The number of aromatic nitrogens is 1. The van der Waals surface area contributed by atoms with Gasteiger partial charge in [-0.3, -0.25) is 0 Å². The van der Waals surface area contributed by atoms with Gasteiger partial charge in [0.2, 0.25) is 0 Å². The van der Waals surface area contributed by atoms with E-state index in [1.165, 1.54) is 5.57 Å². The van der Waals surface area contributed by atoms with E-state index in [9.17, 15) is 0 Å². The van der Waals surface area contributed by atoms with Gasteiger partial charge in [-0.05, 0) is 45.7 Å². The molecule has 0 aliphatic carbocycles. The number of rotatable bonds is 3. The van der Waals surface area contributed by atoms with E-state index in [0.29, 0.717) is 0 Å². The average molecular weight is 294 g/mol. The second-order valence-corrected chi connectivity index (χ2v) is 6.92. The predicted molar refractivity (Wildman–Crippen MR) is 86.4 cm³/mol. The Kier molecular flexibility index (Phi) is 4.71. The molecule has 3 nitrogen and oxygen atoms in total. The lowest BCUT2D eigenvalue weighted by Crippen LogP contribution is -2.35. The van der Waals surface area contributed by atoms with Crippen LogP contribution in [0, 0.1) is 0 Å². The molecule has 0 saturated carbocycles. The zero-order valence-electron chi connectivity index (χ0n) is 12.8. The van der Waals surface area contributed by atoms with Gasteiger partial charge in [0.1, 0.15) is 5.82 Å². The smallest absolute Gasteiger partial charge is 0.147 e. The monoisotopic (exact) mass is 293 g/mol. The van der Waals surface area contributed by atoms with E-state index in [2.05, 4.69) is 49.0 Å². The van der Waals surface area contributed by atoms with Crippen molar-refractivity contribution in [3.63, 3.8) is 0 Å². The Balaban J connectivity index is 2.08. The van der Waals surface area contributed by atoms with Gasteiger partial charge in [-0.1, -0.05) is 23.3 Å². The lowest BCUT2D eigenvalue weighted by molar-refractivity contribution is 0.424. The molecule has 1 aromatic rings. The molecule has 0 radical (unpaired) electrons. The zero-order chi connectivity index (χ0) is 14.8. The molecular weight excluding hydrogens is 270 g/mol. The maximum Gasteiger partial charge on any atom is 0.147 e. The van der Waals surface area contributed by atoms with Crippen LogP contribution in [0.15, 0.2) is 23.9 Å². The summed E-state index contributed by atoms with van der Waals surface area (Å²) < 4.78 is 0. The molecule has 1 aliphatic rings. The maximum atomic E-state index is 6.41. The third-order valence-electron chi connectivity index (χ3n) is 3.33. The van der Waals surface area contributed by atoms with Crippen LogP contribution < -0.4 is 10.2 Å². The molecule has 4 heteroatoms. The number of nitrogens with one attached hydrogen (secondary N) is 1. The summed E-state index contributed by atoms with van der Waals surface area (Å²) in [6.45, 7) is 11.3. The number of halogens is 1. The summed E-state index contributed by atoms with van der Waals surface area (Å²) in [6.07, 6.45) is 5.27. The van der Waals surface area contributed by atoms with Gasteiger partial charge in [0, 0.05) is 31.4 Å². The van der Waals surface area contributed by atoms with Crippen LogP contribution in [0.25, 0.3) is 0 Å². The first kappa shape index (κ1) is 15.3. The van der Waals surface area contributed by atoms with E-state index in [1.807, 2.05) is 12.3 Å². The Morgan fingerprint density at radius 1 is 1.40 bits per heavy atom. The molecule has 0 spiro atoms. The van der Waals surface area contributed by atoms with E-state index in [4.69, 9.17) is 11.6 Å². The van der Waals surface area contributed by atoms with Crippen LogP contribution in [0.1, 0.15) is 39.7 Å². The zero-order valence-corrected chi connectivity index (χ0v) is 13.6. The highest BCUT2D eigenvalue weighted by molar-refractivity contribution is 6.33. The fraction of sp³-hybridized carbons (Fsp3) is 0.562. The van der Waals surface area contributed by atoms with Crippen molar-refractivity contribution in [2.45, 2.75) is 46.2 Å². The molecule has 110 valence electrons. The van der Waals surface area contributed by atoms with E-state index < -0.39 is 0 Å². The normalized spacial score (nSPS) is 16.2. The van der Waals surface area contributed by atoms with Crippen LogP contribution >= 0.6 is 11.6 Å². The van der Waals surface area contributed by atoms with Gasteiger partial charge in [0.25, 0.3) is 0 Å². The summed E-state index contributed by atoms with van der Waals surface area (Å²) in [5, 5.41) is 4.19. The van der Waals surface area contributed by atoms with Gasteiger partial charge in [-0.25, -0.2) is 4.98 Å². The molecule has 2 heterocycles. The van der Waals surface area contributed by atoms with E-state index in [1.54, 1.807) is 0 Å². The van der Waals surface area contributed by atoms with Crippen LogP contribution in [-0.4, -0.2) is 23.6 Å². The summed E-state index contributed by atoms with van der Waals surface area (Å²) >= 11 is 6.41. The van der Waals surface area contributed by atoms with Crippen molar-refractivity contribution >= 4 is 17.4 Å². The Labute approximate surface area is 127 Å². The minimum Gasteiger partial charge on any atom is -0.351 e. The van der Waals surface area contributed by atoms with Crippen molar-refractivity contribution in [1.82, 2.24) is 10.3 Å². The highest BCUT2D eigenvalue weighted by atomic mass is 35.5. The van der Waals surface area contributed by atoms with Crippen molar-refractivity contribution < 1.29 is 0 Å². The molecule has 1 aliphatic heterocycles. The van der Waals surface area contributed by atoms with Crippen molar-refractivity contribution in [3.8, 4) is 0 Å². The fourth-order valence-corrected chi connectivity index (χ4v) is 2.57. The van der Waals surface area contributed by atoms with Crippen LogP contribution in [0.5, 0.6) is 0 Å². The molecule has 0 aromatic carbocycles. The predicted octanol–water partition coefficient (Wildman–Crippen LogP) is 3.78. The Bertz CT molecular complexity index is 503. The summed E-state index contributed by atoms with van der Waals surface area (Å²) in [5.74, 6) is 0.902. The second-order valence-electron chi connectivity index (χ2n) is 6.51. The van der Waals surface area contributed by atoms with Crippen LogP contribution in [0.2, 0.25) is 5.02 Å². The summed E-state index contributed by atoms with van der Waals surface area (Å²) in [4.78, 5) is 6.81. The SMILES string of the molecule is CC1=CCCN(c2ncc(CNC(C)(C)C)cc2Cl)C1. The van der Waals surface area contributed by atoms with Gasteiger partial charge in [-0.15, -0.1) is 0 Å². The molecule has 0 amide bonds. The first-order valence-corrected chi connectivity index (χ1v) is 7.53. The molecule has 0 fully saturated rings. The van der Waals surface area contributed by atoms with Gasteiger partial charge in [-0.2, -0.15) is 0 Å². The maximum absolute atomic E-state index is 6.41. The number of anilines is 1. The van der Waals surface area contributed by atoms with Crippen molar-refractivity contribution in [2.24, 2.45) is 0 Å². The summed E-state index contributed by atoms with van der Waals surface area (Å²) in [7, 11) is 0. The van der Waals surface area contributed by atoms with Crippen LogP contribution in [0.3, 0.4) is 0 Å². The molecule has 1 N–H and O–H groups in total. The quantitative estimate of drug-likeness (QED) is 0.860. The first-order valence-electron chi connectivity index (χ1n) is 7.15. The average Bonchev–Trinajstić information content (AvgIpc) is 2.35. The van der Waals surface area contributed by atoms with Crippen LogP contribution in [-0.2, 0) is 6.54 Å². The highest BCUT2D eigenvalue weighted by Gasteiger charge is 2.16. The molecule has 20 heavy (non-hydrogen) atoms. The van der Waals surface area contributed by atoms with E-state index >= 15 is 0 Å². The Morgan fingerprint density at radius 2 is 2.15 bits per heavy atom. The Hall–Kier alpha value is -1.06. The van der Waals surface area contributed by atoms with Crippen molar-refractivity contribution in [3.05, 3.63) is 34.5 Å². The third kappa shape index (κ3) is 4.22. The van der Waals surface area contributed by atoms with Crippen LogP contribution in [0.4, 0.5) is 5.82 Å². The summed E-state index contributed by atoms with van der Waals surface area (Å²) in [6, 6.07) is 2.02. The minimum absolute atomic E-state index is 0.0971. The summed E-state index contributed by atoms with van der Waals surface area (Å²) in [5.41, 5.74) is 2.60. The largest absolute Gasteiger partial charge is 0.351 e. The standard InChI is InChI=1S/C16H24ClN3/c1-12-6-5-7-20(11-12)15-14(17)8-13(9-18-15)10-19-16(2,3)4/h6,8-9,19H,5,7,10-11H2,1-4H3. The van der Waals surface area contributed by atoms with Gasteiger partial charge in [0.05, 0.1) is 5.02 Å². The number of hydrogen-bond donors (Lipinski definition) is 1. The Morgan fingerprint density at radius 3 is 2.75 bits per heavy atom. The molecule has 0 atom stereocenters. The molecule has 2 rings (SSSR count). The second kappa shape index (κ2) is 6.15.